The maximum Gasteiger partial charge on any atom is 0.325 e. The van der Waals surface area contributed by atoms with Gasteiger partial charge in [-0.05, 0) is 61.4 Å². The first-order valence-electron chi connectivity index (χ1n) is 10.0. The zero-order valence-corrected chi connectivity index (χ0v) is 18.8. The Morgan fingerprint density at radius 3 is 2.47 bits per heavy atom. The first-order valence-corrected chi connectivity index (χ1v) is 10.9. The summed E-state index contributed by atoms with van der Waals surface area (Å²) in [6, 6.07) is 20.3. The molecule has 0 aliphatic heterocycles. The number of hydrogen-bond acceptors (Lipinski definition) is 5. The lowest BCUT2D eigenvalue weighted by Crippen LogP contribution is -2.22. The van der Waals surface area contributed by atoms with E-state index in [1.807, 2.05) is 56.3 Å². The molecular formula is C25H22N2O4S. The molecule has 4 rings (SSSR count). The molecule has 6 nitrogen and oxygen atoms in total. The van der Waals surface area contributed by atoms with Crippen molar-refractivity contribution in [1.82, 2.24) is 4.57 Å². The fraction of sp³-hybridized carbons (Fsp3) is 0.160. The summed E-state index contributed by atoms with van der Waals surface area (Å²) < 4.78 is 13.4. The Hall–Kier alpha value is -3.71. The van der Waals surface area contributed by atoms with E-state index in [1.54, 1.807) is 28.8 Å². The number of fused-ring (bicyclic) bond motifs is 1. The van der Waals surface area contributed by atoms with Crippen LogP contribution in [0.5, 0.6) is 11.5 Å². The van der Waals surface area contributed by atoms with Crippen molar-refractivity contribution in [2.75, 3.05) is 7.11 Å². The number of carbonyl (C=O) groups excluding carboxylic acids is 2. The number of amides is 1. The molecule has 1 amide bonds. The molecule has 1 heterocycles. The van der Waals surface area contributed by atoms with Crippen LogP contribution in [0.25, 0.3) is 10.2 Å². The minimum atomic E-state index is -0.414. The summed E-state index contributed by atoms with van der Waals surface area (Å²) in [6.07, 6.45) is 0. The van der Waals surface area contributed by atoms with Crippen molar-refractivity contribution in [3.8, 4) is 11.5 Å². The van der Waals surface area contributed by atoms with Crippen LogP contribution in [0.1, 0.15) is 21.5 Å². The zero-order valence-electron chi connectivity index (χ0n) is 18.0. The molecule has 7 heteroatoms. The van der Waals surface area contributed by atoms with Crippen LogP contribution in [0.3, 0.4) is 0 Å². The molecule has 0 radical (unpaired) electrons. The first kappa shape index (κ1) is 21.5. The van der Waals surface area contributed by atoms with Gasteiger partial charge in [-0.3, -0.25) is 9.59 Å². The second-order valence-corrected chi connectivity index (χ2v) is 8.34. The molecule has 32 heavy (non-hydrogen) atoms. The maximum absolute atomic E-state index is 13.0. The Balaban J connectivity index is 1.75. The number of nitrogens with zero attached hydrogens (tertiary/aromatic N) is 2. The summed E-state index contributed by atoms with van der Waals surface area (Å²) in [5, 5.41) is 0. The molecule has 0 unspecified atom stereocenters. The van der Waals surface area contributed by atoms with Crippen molar-refractivity contribution < 1.29 is 19.1 Å². The normalized spacial score (nSPS) is 11.5. The van der Waals surface area contributed by atoms with E-state index in [9.17, 15) is 9.59 Å². The van der Waals surface area contributed by atoms with Gasteiger partial charge in [0.1, 0.15) is 18.0 Å². The predicted octanol–water partition coefficient (Wildman–Crippen LogP) is 5.03. The van der Waals surface area contributed by atoms with Crippen molar-refractivity contribution in [2.24, 2.45) is 4.99 Å². The van der Waals surface area contributed by atoms with E-state index < -0.39 is 11.9 Å². The lowest BCUT2D eigenvalue weighted by molar-refractivity contribution is -0.141. The molecule has 162 valence electrons. The third kappa shape index (κ3) is 4.63. The minimum absolute atomic E-state index is 0.0241. The van der Waals surface area contributed by atoms with Crippen molar-refractivity contribution in [1.29, 1.82) is 0 Å². The Labute approximate surface area is 189 Å². The Morgan fingerprint density at radius 2 is 1.72 bits per heavy atom. The fourth-order valence-corrected chi connectivity index (χ4v) is 4.69. The van der Waals surface area contributed by atoms with Gasteiger partial charge in [0.25, 0.3) is 5.91 Å². The monoisotopic (exact) mass is 446 g/mol. The highest BCUT2D eigenvalue weighted by Gasteiger charge is 2.15. The Morgan fingerprint density at radius 1 is 0.969 bits per heavy atom. The summed E-state index contributed by atoms with van der Waals surface area (Å²) in [5.41, 5.74) is 3.38. The van der Waals surface area contributed by atoms with Crippen LogP contribution < -0.4 is 9.54 Å². The predicted molar refractivity (Wildman–Crippen MR) is 124 cm³/mol. The highest BCUT2D eigenvalue weighted by atomic mass is 32.1. The van der Waals surface area contributed by atoms with Gasteiger partial charge in [0.05, 0.1) is 17.3 Å². The van der Waals surface area contributed by atoms with Crippen LogP contribution in [0.4, 0.5) is 0 Å². The van der Waals surface area contributed by atoms with Crippen LogP contribution in [0.2, 0.25) is 0 Å². The molecule has 0 aliphatic carbocycles. The molecule has 0 fully saturated rings. The van der Waals surface area contributed by atoms with Gasteiger partial charge >= 0.3 is 5.97 Å². The van der Waals surface area contributed by atoms with Crippen LogP contribution in [0, 0.1) is 13.8 Å². The van der Waals surface area contributed by atoms with E-state index in [4.69, 9.17) is 9.47 Å². The third-order valence-corrected chi connectivity index (χ3v) is 5.91. The topological polar surface area (TPSA) is 69.9 Å². The number of rotatable bonds is 5. The lowest BCUT2D eigenvalue weighted by atomic mass is 10.1. The summed E-state index contributed by atoms with van der Waals surface area (Å²) in [4.78, 5) is 29.9. The number of aryl methyl sites for hydroxylation is 2. The standard InChI is InChI=1S/C25H22N2O4S/c1-16-12-17(2)23-21(13-16)32-25(27(23)15-22(28)30-3)26-24(29)18-8-7-11-20(14-18)31-19-9-5-4-6-10-19/h4-14H,15H2,1-3H3. The molecule has 3 aromatic carbocycles. The molecule has 0 saturated heterocycles. The molecule has 0 bridgehead atoms. The average Bonchev–Trinajstić information content (AvgIpc) is 3.11. The summed E-state index contributed by atoms with van der Waals surface area (Å²) in [6.45, 7) is 3.96. The number of methoxy groups -OCH3 is 1. The van der Waals surface area contributed by atoms with E-state index in [1.165, 1.54) is 18.4 Å². The molecule has 0 saturated carbocycles. The van der Waals surface area contributed by atoms with Crippen molar-refractivity contribution in [3.63, 3.8) is 0 Å². The SMILES string of the molecule is COC(=O)Cn1c(=NC(=O)c2cccc(Oc3ccccc3)c2)sc2cc(C)cc(C)c21. The number of para-hydroxylation sites is 1. The molecule has 0 aliphatic rings. The molecule has 0 spiro atoms. The molecule has 1 aromatic heterocycles. The number of ether oxygens (including phenoxy) is 2. The van der Waals surface area contributed by atoms with Gasteiger partial charge in [0, 0.05) is 5.56 Å². The van der Waals surface area contributed by atoms with E-state index in [2.05, 4.69) is 4.99 Å². The number of hydrogen-bond donors (Lipinski definition) is 0. The first-order chi connectivity index (χ1) is 15.4. The molecule has 0 N–H and O–H groups in total. The highest BCUT2D eigenvalue weighted by molar-refractivity contribution is 7.16. The van der Waals surface area contributed by atoms with Crippen molar-refractivity contribution >= 4 is 33.4 Å². The van der Waals surface area contributed by atoms with E-state index in [0.717, 1.165) is 21.3 Å². The van der Waals surface area contributed by atoms with E-state index in [-0.39, 0.29) is 6.54 Å². The van der Waals surface area contributed by atoms with Crippen molar-refractivity contribution in [2.45, 2.75) is 20.4 Å². The number of thiazole rings is 1. The van der Waals surface area contributed by atoms with E-state index in [0.29, 0.717) is 21.9 Å². The number of benzene rings is 3. The molecule has 0 atom stereocenters. The van der Waals surface area contributed by atoms with Gasteiger partial charge in [-0.1, -0.05) is 41.7 Å². The largest absolute Gasteiger partial charge is 0.468 e. The average molecular weight is 447 g/mol. The highest BCUT2D eigenvalue weighted by Crippen LogP contribution is 2.24. The minimum Gasteiger partial charge on any atom is -0.468 e. The Bertz CT molecular complexity index is 1370. The van der Waals surface area contributed by atoms with Gasteiger partial charge in [-0.15, -0.1) is 0 Å². The van der Waals surface area contributed by atoms with Crippen LogP contribution in [0.15, 0.2) is 71.7 Å². The van der Waals surface area contributed by atoms with Gasteiger partial charge < -0.3 is 14.0 Å². The van der Waals surface area contributed by atoms with Gasteiger partial charge in [0.2, 0.25) is 0 Å². The number of carbonyl (C=O) groups is 2. The van der Waals surface area contributed by atoms with E-state index >= 15 is 0 Å². The third-order valence-electron chi connectivity index (χ3n) is 4.88. The van der Waals surface area contributed by atoms with Crippen LogP contribution in [-0.2, 0) is 16.1 Å². The van der Waals surface area contributed by atoms with Crippen LogP contribution in [-0.4, -0.2) is 23.6 Å². The zero-order chi connectivity index (χ0) is 22.7. The summed E-state index contributed by atoms with van der Waals surface area (Å²) >= 11 is 1.37. The van der Waals surface area contributed by atoms with Gasteiger partial charge in [-0.25, -0.2) is 0 Å². The van der Waals surface area contributed by atoms with Gasteiger partial charge in [0.15, 0.2) is 4.80 Å². The lowest BCUT2D eigenvalue weighted by Gasteiger charge is -2.07. The molecule has 4 aromatic rings. The maximum atomic E-state index is 13.0. The number of esters is 1. The quantitative estimate of drug-likeness (QED) is 0.403. The summed E-state index contributed by atoms with van der Waals surface area (Å²) in [5.74, 6) is 0.405. The smallest absolute Gasteiger partial charge is 0.325 e. The van der Waals surface area contributed by atoms with Crippen LogP contribution >= 0.6 is 11.3 Å². The second-order valence-electron chi connectivity index (χ2n) is 7.34. The van der Waals surface area contributed by atoms with Gasteiger partial charge in [-0.2, -0.15) is 4.99 Å². The molecular weight excluding hydrogens is 424 g/mol. The number of aromatic nitrogens is 1. The Kier molecular flexibility index (Phi) is 6.18. The summed E-state index contributed by atoms with van der Waals surface area (Å²) in [7, 11) is 1.34. The van der Waals surface area contributed by atoms with Crippen molar-refractivity contribution in [3.05, 3.63) is 88.2 Å². The fourth-order valence-electron chi connectivity index (χ4n) is 3.49. The second kappa shape index (κ2) is 9.20.